The molecule has 0 spiro atoms. The lowest BCUT2D eigenvalue weighted by molar-refractivity contribution is -0.118. The van der Waals surface area contributed by atoms with Crippen molar-refractivity contribution < 1.29 is 9.59 Å². The highest BCUT2D eigenvalue weighted by Crippen LogP contribution is 2.18. The quantitative estimate of drug-likeness (QED) is 0.251. The summed E-state index contributed by atoms with van der Waals surface area (Å²) in [4.78, 5) is 25.9. The summed E-state index contributed by atoms with van der Waals surface area (Å²) >= 11 is 3.39. The predicted molar refractivity (Wildman–Crippen MR) is 125 cm³/mol. The van der Waals surface area contributed by atoms with Crippen LogP contribution in [-0.2, 0) is 9.59 Å². The first-order valence-electron chi connectivity index (χ1n) is 9.40. The van der Waals surface area contributed by atoms with Gasteiger partial charge >= 0.3 is 0 Å². The SMILES string of the molecule is Cc1ccccc1NC(=O)C(=CNc1ccc(Br)cc1)C(=O)Nc1ccccc1C. The van der Waals surface area contributed by atoms with Crippen molar-refractivity contribution in [3.63, 3.8) is 0 Å². The number of carbonyl (C=O) groups is 2. The number of amides is 2. The number of rotatable bonds is 6. The molecule has 2 amide bonds. The molecule has 0 bridgehead atoms. The van der Waals surface area contributed by atoms with E-state index in [1.807, 2.05) is 74.5 Å². The Labute approximate surface area is 184 Å². The summed E-state index contributed by atoms with van der Waals surface area (Å²) in [5, 5.41) is 8.67. The maximum atomic E-state index is 13.0. The second kappa shape index (κ2) is 9.89. The molecule has 0 atom stereocenters. The molecule has 30 heavy (non-hydrogen) atoms. The summed E-state index contributed by atoms with van der Waals surface area (Å²) in [5.74, 6) is -1.00. The monoisotopic (exact) mass is 463 g/mol. The molecular weight excluding hydrogens is 442 g/mol. The van der Waals surface area contributed by atoms with Crippen molar-refractivity contribution in [1.82, 2.24) is 0 Å². The van der Waals surface area contributed by atoms with E-state index in [-0.39, 0.29) is 5.57 Å². The van der Waals surface area contributed by atoms with Gasteiger partial charge in [0.25, 0.3) is 11.8 Å². The number of hydrogen-bond acceptors (Lipinski definition) is 3. The highest BCUT2D eigenvalue weighted by atomic mass is 79.9. The minimum absolute atomic E-state index is 0.0376. The van der Waals surface area contributed by atoms with E-state index in [1.54, 1.807) is 12.1 Å². The second-order valence-corrected chi connectivity index (χ2v) is 7.66. The third kappa shape index (κ3) is 5.58. The smallest absolute Gasteiger partial charge is 0.262 e. The fourth-order valence-electron chi connectivity index (χ4n) is 2.74. The Balaban J connectivity index is 1.86. The molecule has 5 nitrogen and oxygen atoms in total. The van der Waals surface area contributed by atoms with E-state index >= 15 is 0 Å². The Morgan fingerprint density at radius 2 is 1.20 bits per heavy atom. The van der Waals surface area contributed by atoms with Crippen LogP contribution in [0.1, 0.15) is 11.1 Å². The van der Waals surface area contributed by atoms with E-state index in [0.29, 0.717) is 11.4 Å². The molecule has 0 saturated carbocycles. The standard InChI is InChI=1S/C24H22BrN3O2/c1-16-7-3-5-9-21(16)27-23(29)20(15-26-19-13-11-18(25)12-14-19)24(30)28-22-10-6-4-8-17(22)2/h3-15,26H,1-2H3,(H,27,29)(H,28,30). The third-order valence-corrected chi connectivity index (χ3v) is 5.03. The van der Waals surface area contributed by atoms with Gasteiger partial charge in [-0.1, -0.05) is 52.3 Å². The van der Waals surface area contributed by atoms with Crippen LogP contribution in [0.3, 0.4) is 0 Å². The molecule has 0 aliphatic rings. The maximum Gasteiger partial charge on any atom is 0.262 e. The number of hydrogen-bond donors (Lipinski definition) is 3. The van der Waals surface area contributed by atoms with Crippen LogP contribution in [0.5, 0.6) is 0 Å². The average Bonchev–Trinajstić information content (AvgIpc) is 2.73. The van der Waals surface area contributed by atoms with Gasteiger partial charge in [-0.15, -0.1) is 0 Å². The first-order valence-corrected chi connectivity index (χ1v) is 10.2. The lowest BCUT2D eigenvalue weighted by Crippen LogP contribution is -2.26. The van der Waals surface area contributed by atoms with Crippen LogP contribution < -0.4 is 16.0 Å². The van der Waals surface area contributed by atoms with Crippen LogP contribution in [0, 0.1) is 13.8 Å². The molecular formula is C24H22BrN3O2. The van der Waals surface area contributed by atoms with E-state index in [4.69, 9.17) is 0 Å². The molecule has 3 aromatic rings. The first kappa shape index (κ1) is 21.3. The molecule has 3 aromatic carbocycles. The first-order chi connectivity index (χ1) is 14.4. The van der Waals surface area contributed by atoms with Crippen molar-refractivity contribution in [2.45, 2.75) is 13.8 Å². The van der Waals surface area contributed by atoms with Crippen LogP contribution in [0.25, 0.3) is 0 Å². The van der Waals surface area contributed by atoms with Crippen LogP contribution in [0.2, 0.25) is 0 Å². The molecule has 0 unspecified atom stereocenters. The summed E-state index contributed by atoms with van der Waals surface area (Å²) < 4.78 is 0.937. The molecule has 0 aliphatic heterocycles. The van der Waals surface area contributed by atoms with Crippen LogP contribution >= 0.6 is 15.9 Å². The van der Waals surface area contributed by atoms with Gasteiger partial charge in [0.05, 0.1) is 0 Å². The summed E-state index contributed by atoms with van der Waals surface area (Å²) in [6, 6.07) is 22.3. The molecule has 0 radical (unpaired) electrons. The zero-order valence-corrected chi connectivity index (χ0v) is 18.3. The normalized spacial score (nSPS) is 10.1. The van der Waals surface area contributed by atoms with Crippen molar-refractivity contribution in [2.24, 2.45) is 0 Å². The number of carbonyl (C=O) groups excluding carboxylic acids is 2. The molecule has 0 fully saturated rings. The summed E-state index contributed by atoms with van der Waals surface area (Å²) in [6.45, 7) is 3.79. The number of anilines is 3. The van der Waals surface area contributed by atoms with E-state index in [2.05, 4.69) is 31.9 Å². The molecule has 152 valence electrons. The van der Waals surface area contributed by atoms with Gasteiger partial charge in [-0.05, 0) is 61.4 Å². The fourth-order valence-corrected chi connectivity index (χ4v) is 3.01. The predicted octanol–water partition coefficient (Wildman–Crippen LogP) is 5.64. The third-order valence-electron chi connectivity index (χ3n) is 4.50. The Hall–Kier alpha value is -3.38. The van der Waals surface area contributed by atoms with Gasteiger partial charge in [0, 0.05) is 27.7 Å². The number of halogens is 1. The van der Waals surface area contributed by atoms with E-state index in [9.17, 15) is 9.59 Å². The summed E-state index contributed by atoms with van der Waals surface area (Å²) in [5.41, 5.74) is 3.84. The van der Waals surface area contributed by atoms with Gasteiger partial charge in [-0.2, -0.15) is 0 Å². The van der Waals surface area contributed by atoms with Gasteiger partial charge in [0.1, 0.15) is 5.57 Å². The fraction of sp³-hybridized carbons (Fsp3) is 0.0833. The molecule has 0 aliphatic carbocycles. The van der Waals surface area contributed by atoms with Crippen LogP contribution in [0.15, 0.2) is 89.0 Å². The molecule has 3 N–H and O–H groups in total. The number of para-hydroxylation sites is 2. The zero-order valence-electron chi connectivity index (χ0n) is 16.7. The number of benzene rings is 3. The minimum Gasteiger partial charge on any atom is -0.361 e. The lowest BCUT2D eigenvalue weighted by atomic mass is 10.1. The van der Waals surface area contributed by atoms with Crippen molar-refractivity contribution in [1.29, 1.82) is 0 Å². The summed E-state index contributed by atoms with van der Waals surface area (Å²) in [7, 11) is 0. The highest BCUT2D eigenvalue weighted by molar-refractivity contribution is 9.10. The van der Waals surface area contributed by atoms with Gasteiger partial charge < -0.3 is 16.0 Å². The van der Waals surface area contributed by atoms with Gasteiger partial charge in [0.2, 0.25) is 0 Å². The second-order valence-electron chi connectivity index (χ2n) is 6.75. The molecule has 6 heteroatoms. The van der Waals surface area contributed by atoms with Gasteiger partial charge in [0.15, 0.2) is 0 Å². The highest BCUT2D eigenvalue weighted by Gasteiger charge is 2.20. The minimum atomic E-state index is -0.500. The molecule has 0 heterocycles. The maximum absolute atomic E-state index is 13.0. The Morgan fingerprint density at radius 1 is 0.733 bits per heavy atom. The Morgan fingerprint density at radius 3 is 1.67 bits per heavy atom. The molecule has 0 saturated heterocycles. The van der Waals surface area contributed by atoms with Gasteiger partial charge in [-0.25, -0.2) is 0 Å². The average molecular weight is 464 g/mol. The van der Waals surface area contributed by atoms with Crippen LogP contribution in [0.4, 0.5) is 17.1 Å². The topological polar surface area (TPSA) is 70.2 Å². The molecule has 0 aromatic heterocycles. The van der Waals surface area contributed by atoms with E-state index in [1.165, 1.54) is 6.20 Å². The van der Waals surface area contributed by atoms with E-state index < -0.39 is 11.8 Å². The van der Waals surface area contributed by atoms with E-state index in [0.717, 1.165) is 21.3 Å². The summed E-state index contributed by atoms with van der Waals surface area (Å²) in [6.07, 6.45) is 1.42. The Bertz CT molecular complexity index is 1030. The number of aryl methyl sites for hydroxylation is 2. The molecule has 3 rings (SSSR count). The van der Waals surface area contributed by atoms with Crippen molar-refractivity contribution >= 4 is 44.8 Å². The largest absolute Gasteiger partial charge is 0.361 e. The lowest BCUT2D eigenvalue weighted by Gasteiger charge is -2.13. The Kier molecular flexibility index (Phi) is 7.03. The van der Waals surface area contributed by atoms with Crippen molar-refractivity contribution in [3.05, 3.63) is 100 Å². The van der Waals surface area contributed by atoms with Crippen molar-refractivity contribution in [2.75, 3.05) is 16.0 Å². The number of nitrogens with one attached hydrogen (secondary N) is 3. The zero-order chi connectivity index (χ0) is 21.5. The van der Waals surface area contributed by atoms with Crippen molar-refractivity contribution in [3.8, 4) is 0 Å². The van der Waals surface area contributed by atoms with Crippen LogP contribution in [-0.4, -0.2) is 11.8 Å². The van der Waals surface area contributed by atoms with Gasteiger partial charge in [-0.3, -0.25) is 9.59 Å².